The Morgan fingerprint density at radius 1 is 1.12 bits per heavy atom. The zero-order valence-corrected chi connectivity index (χ0v) is 19.3. The van der Waals surface area contributed by atoms with Crippen molar-refractivity contribution in [2.24, 2.45) is 0 Å². The molecule has 2 aromatic carbocycles. The van der Waals surface area contributed by atoms with Crippen LogP contribution < -0.4 is 9.64 Å². The predicted octanol–water partition coefficient (Wildman–Crippen LogP) is 4.83. The first-order valence-corrected chi connectivity index (χ1v) is 11.0. The number of methoxy groups -OCH3 is 1. The summed E-state index contributed by atoms with van der Waals surface area (Å²) in [6.45, 7) is 4.49. The van der Waals surface area contributed by atoms with Gasteiger partial charge < -0.3 is 9.64 Å². The quantitative estimate of drug-likeness (QED) is 0.476. The van der Waals surface area contributed by atoms with Crippen LogP contribution in [-0.2, 0) is 4.79 Å². The molecule has 1 aliphatic rings. The molecule has 1 atom stereocenters. The van der Waals surface area contributed by atoms with E-state index in [4.69, 9.17) is 27.9 Å². The molecule has 32 heavy (non-hydrogen) atoms. The fourth-order valence-electron chi connectivity index (χ4n) is 3.97. The number of anilines is 1. The molecule has 6 nitrogen and oxygen atoms in total. The van der Waals surface area contributed by atoms with Gasteiger partial charge in [-0.25, -0.2) is 9.07 Å². The van der Waals surface area contributed by atoms with Crippen molar-refractivity contribution in [1.82, 2.24) is 14.7 Å². The molecule has 0 bridgehead atoms. The van der Waals surface area contributed by atoms with Gasteiger partial charge in [-0.1, -0.05) is 35.3 Å². The van der Waals surface area contributed by atoms with Crippen LogP contribution in [0.1, 0.15) is 11.9 Å². The number of carbonyl (C=O) groups excluding carboxylic acids is 1. The van der Waals surface area contributed by atoms with Crippen LogP contribution in [0.15, 0.2) is 42.5 Å². The average molecular weight is 477 g/mol. The monoisotopic (exact) mass is 476 g/mol. The molecule has 0 aliphatic carbocycles. The van der Waals surface area contributed by atoms with Gasteiger partial charge in [0.05, 0.1) is 22.8 Å². The van der Waals surface area contributed by atoms with E-state index >= 15 is 0 Å². The number of ether oxygens (including phenoxy) is 1. The van der Waals surface area contributed by atoms with Crippen molar-refractivity contribution >= 4 is 35.2 Å². The maximum Gasteiger partial charge on any atom is 0.160 e. The lowest BCUT2D eigenvalue weighted by atomic mass is 10.1. The summed E-state index contributed by atoms with van der Waals surface area (Å²) in [5.74, 6) is 0.216. The van der Waals surface area contributed by atoms with Crippen LogP contribution in [0, 0.1) is 12.7 Å². The molecule has 0 N–H and O–H groups in total. The number of carbonyl (C=O) groups is 1. The summed E-state index contributed by atoms with van der Waals surface area (Å²) in [4.78, 5) is 16.3. The molecule has 4 rings (SSSR count). The first kappa shape index (κ1) is 22.6. The van der Waals surface area contributed by atoms with E-state index in [1.807, 2.05) is 23.1 Å². The predicted molar refractivity (Wildman–Crippen MR) is 124 cm³/mol. The van der Waals surface area contributed by atoms with E-state index in [-0.39, 0.29) is 0 Å². The van der Waals surface area contributed by atoms with Crippen molar-refractivity contribution in [3.05, 3.63) is 64.0 Å². The van der Waals surface area contributed by atoms with Crippen molar-refractivity contribution < 1.29 is 13.9 Å². The van der Waals surface area contributed by atoms with Gasteiger partial charge >= 0.3 is 0 Å². The van der Waals surface area contributed by atoms with Crippen molar-refractivity contribution in [2.45, 2.75) is 13.1 Å². The number of nitrogens with zero attached hydrogens (tertiary/aromatic N) is 4. The van der Waals surface area contributed by atoms with Gasteiger partial charge in [0.1, 0.15) is 17.3 Å². The summed E-state index contributed by atoms with van der Waals surface area (Å²) >= 11 is 12.6. The van der Waals surface area contributed by atoms with Crippen LogP contribution in [-0.4, -0.2) is 54.3 Å². The molecule has 1 saturated heterocycles. The number of aromatic nitrogens is 2. The Labute approximate surface area is 196 Å². The van der Waals surface area contributed by atoms with Gasteiger partial charge in [0, 0.05) is 43.5 Å². The Morgan fingerprint density at radius 2 is 1.84 bits per heavy atom. The van der Waals surface area contributed by atoms with Crippen molar-refractivity contribution in [3.63, 3.8) is 0 Å². The third-order valence-corrected chi connectivity index (χ3v) is 6.53. The van der Waals surface area contributed by atoms with E-state index < -0.39 is 12.0 Å². The van der Waals surface area contributed by atoms with Crippen molar-refractivity contribution in [3.8, 4) is 17.0 Å². The maximum atomic E-state index is 14.3. The van der Waals surface area contributed by atoms with Gasteiger partial charge in [0.25, 0.3) is 0 Å². The fraction of sp³-hybridized carbons (Fsp3) is 0.304. The number of aldehydes is 1. The minimum absolute atomic E-state index is 0.311. The Kier molecular flexibility index (Phi) is 6.69. The molecule has 0 amide bonds. The summed E-state index contributed by atoms with van der Waals surface area (Å²) in [5, 5.41) is 5.43. The molecule has 0 spiro atoms. The lowest BCUT2D eigenvalue weighted by molar-refractivity contribution is -0.116. The highest BCUT2D eigenvalue weighted by molar-refractivity contribution is 6.33. The van der Waals surface area contributed by atoms with Gasteiger partial charge in [-0.2, -0.15) is 5.10 Å². The number of benzene rings is 2. The summed E-state index contributed by atoms with van der Waals surface area (Å²) in [5.41, 5.74) is 2.27. The topological polar surface area (TPSA) is 50.6 Å². The Morgan fingerprint density at radius 3 is 2.50 bits per heavy atom. The van der Waals surface area contributed by atoms with E-state index in [0.29, 0.717) is 58.9 Å². The van der Waals surface area contributed by atoms with Crippen LogP contribution in [0.25, 0.3) is 11.3 Å². The molecule has 1 fully saturated rings. The normalized spacial score (nSPS) is 15.6. The summed E-state index contributed by atoms with van der Waals surface area (Å²) < 4.78 is 21.2. The second-order valence-electron chi connectivity index (χ2n) is 7.56. The minimum Gasteiger partial charge on any atom is -0.495 e. The van der Waals surface area contributed by atoms with Gasteiger partial charge in [-0.05, 0) is 31.2 Å². The first-order chi connectivity index (χ1) is 15.4. The number of hydrogen-bond donors (Lipinski definition) is 0. The molecule has 9 heteroatoms. The molecule has 0 radical (unpaired) electrons. The van der Waals surface area contributed by atoms with Gasteiger partial charge in [0.2, 0.25) is 0 Å². The Bertz CT molecular complexity index is 1130. The second-order valence-corrected chi connectivity index (χ2v) is 8.35. The van der Waals surface area contributed by atoms with Gasteiger partial charge in [-0.3, -0.25) is 9.69 Å². The lowest BCUT2D eigenvalue weighted by Crippen LogP contribution is -2.49. The average Bonchev–Trinajstić information content (AvgIpc) is 3.10. The number of halogens is 3. The molecule has 2 heterocycles. The van der Waals surface area contributed by atoms with Crippen molar-refractivity contribution in [1.29, 1.82) is 0 Å². The van der Waals surface area contributed by atoms with E-state index in [9.17, 15) is 9.18 Å². The number of rotatable bonds is 6. The van der Waals surface area contributed by atoms with Crippen LogP contribution in [0.3, 0.4) is 0 Å². The summed E-state index contributed by atoms with van der Waals surface area (Å²) in [6.07, 6.45) is 0.220. The molecule has 1 aliphatic heterocycles. The van der Waals surface area contributed by atoms with E-state index in [1.165, 1.54) is 6.07 Å². The fourth-order valence-corrected chi connectivity index (χ4v) is 4.39. The standard InChI is InChI=1S/C23H23Cl2FN4O2/c1-15-22(25)23(17-5-3-4-6-19(17)26)27-30(15)21(14-31)29-11-9-28(10-12-29)16-7-8-18(24)20(13-16)32-2/h3-8,13-14,21H,9-12H2,1-2H3. The number of piperazine rings is 1. The lowest BCUT2D eigenvalue weighted by Gasteiger charge is -2.38. The molecule has 0 saturated carbocycles. The molecule has 1 unspecified atom stereocenters. The SMILES string of the molecule is COc1cc(N2CCN(C(C=O)n3nc(-c4ccccc4F)c(Cl)c3C)CC2)ccc1Cl. The smallest absolute Gasteiger partial charge is 0.160 e. The minimum atomic E-state index is -0.630. The van der Waals surface area contributed by atoms with Crippen LogP contribution >= 0.6 is 23.2 Å². The molecule has 3 aromatic rings. The zero-order chi connectivity index (χ0) is 22.8. The summed E-state index contributed by atoms with van der Waals surface area (Å²) in [6, 6.07) is 12.0. The number of hydrogen-bond acceptors (Lipinski definition) is 5. The highest BCUT2D eigenvalue weighted by Gasteiger charge is 2.29. The van der Waals surface area contributed by atoms with E-state index in [1.54, 1.807) is 36.9 Å². The van der Waals surface area contributed by atoms with Crippen LogP contribution in [0.2, 0.25) is 10.0 Å². The maximum absolute atomic E-state index is 14.3. The largest absolute Gasteiger partial charge is 0.495 e. The molecular formula is C23H23Cl2FN4O2. The summed E-state index contributed by atoms with van der Waals surface area (Å²) in [7, 11) is 1.59. The molecule has 168 valence electrons. The Balaban J connectivity index is 1.54. The van der Waals surface area contributed by atoms with Crippen LogP contribution in [0.5, 0.6) is 5.75 Å². The Hall–Kier alpha value is -2.61. The highest BCUT2D eigenvalue weighted by Crippen LogP contribution is 2.34. The molecule has 1 aromatic heterocycles. The van der Waals surface area contributed by atoms with E-state index in [0.717, 1.165) is 12.0 Å². The zero-order valence-electron chi connectivity index (χ0n) is 17.8. The molecular weight excluding hydrogens is 454 g/mol. The third-order valence-electron chi connectivity index (χ3n) is 5.77. The van der Waals surface area contributed by atoms with Gasteiger partial charge in [-0.15, -0.1) is 0 Å². The van der Waals surface area contributed by atoms with E-state index in [2.05, 4.69) is 10.00 Å². The van der Waals surface area contributed by atoms with Crippen molar-refractivity contribution in [2.75, 3.05) is 38.2 Å². The third kappa shape index (κ3) is 4.20. The highest BCUT2D eigenvalue weighted by atomic mass is 35.5. The van der Waals surface area contributed by atoms with Crippen LogP contribution in [0.4, 0.5) is 10.1 Å². The first-order valence-electron chi connectivity index (χ1n) is 10.2. The van der Waals surface area contributed by atoms with Gasteiger partial charge in [0.15, 0.2) is 12.5 Å². The second kappa shape index (κ2) is 9.48.